The molecule has 0 saturated carbocycles. The topological polar surface area (TPSA) is 37.3 Å². The fourth-order valence-corrected chi connectivity index (χ4v) is 4.26. The zero-order valence-electron chi connectivity index (χ0n) is 14.0. The van der Waals surface area contributed by atoms with Crippen molar-refractivity contribution in [3.63, 3.8) is 0 Å². The maximum Gasteiger partial charge on any atom is 0.336 e. The molecule has 2 heteroatoms. The maximum absolute atomic E-state index is 12.0. The van der Waals surface area contributed by atoms with Crippen molar-refractivity contribution in [1.82, 2.24) is 0 Å². The van der Waals surface area contributed by atoms with Crippen molar-refractivity contribution in [2.75, 3.05) is 0 Å². The highest BCUT2D eigenvalue weighted by Crippen LogP contribution is 2.50. The molecule has 4 aromatic rings. The minimum Gasteiger partial charge on any atom is -0.478 e. The molecule has 4 aromatic carbocycles. The first-order valence-electron chi connectivity index (χ1n) is 8.69. The molecule has 1 aliphatic rings. The zero-order chi connectivity index (χ0) is 17.7. The fraction of sp³-hybridized carbons (Fsp3) is 0.0417. The summed E-state index contributed by atoms with van der Waals surface area (Å²) in [7, 11) is 0. The SMILES string of the molecule is O=C(O)c1ccc2ccccc2c1C1c2ccccc2-c2ccccc21. The Morgan fingerprint density at radius 3 is 1.92 bits per heavy atom. The summed E-state index contributed by atoms with van der Waals surface area (Å²) in [5.41, 5.74) is 5.99. The number of carboxylic acids is 1. The Morgan fingerprint density at radius 2 is 1.27 bits per heavy atom. The maximum atomic E-state index is 12.0. The van der Waals surface area contributed by atoms with E-state index < -0.39 is 5.97 Å². The van der Waals surface area contributed by atoms with Crippen LogP contribution in [0.1, 0.15) is 33.0 Å². The first kappa shape index (κ1) is 14.9. The molecule has 0 heterocycles. The number of aromatic carboxylic acids is 1. The molecule has 0 aromatic heterocycles. The van der Waals surface area contributed by atoms with E-state index in [9.17, 15) is 9.90 Å². The van der Waals surface area contributed by atoms with Gasteiger partial charge >= 0.3 is 5.97 Å². The first-order chi connectivity index (χ1) is 12.8. The Bertz CT molecular complexity index is 1130. The summed E-state index contributed by atoms with van der Waals surface area (Å²) in [6.45, 7) is 0. The van der Waals surface area contributed by atoms with E-state index in [4.69, 9.17) is 0 Å². The molecule has 0 spiro atoms. The predicted octanol–water partition coefficient (Wildman–Crippen LogP) is 5.70. The van der Waals surface area contributed by atoms with Crippen molar-refractivity contribution < 1.29 is 9.90 Å². The van der Waals surface area contributed by atoms with E-state index in [1.54, 1.807) is 6.07 Å². The van der Waals surface area contributed by atoms with Gasteiger partial charge < -0.3 is 5.11 Å². The van der Waals surface area contributed by atoms with Gasteiger partial charge in [0, 0.05) is 5.92 Å². The Balaban J connectivity index is 1.92. The van der Waals surface area contributed by atoms with Crippen LogP contribution in [-0.2, 0) is 0 Å². The Kier molecular flexibility index (Phi) is 3.19. The average molecular weight is 336 g/mol. The van der Waals surface area contributed by atoms with Gasteiger partial charge in [0.1, 0.15) is 0 Å². The Morgan fingerprint density at radius 1 is 0.692 bits per heavy atom. The van der Waals surface area contributed by atoms with Gasteiger partial charge in [-0.3, -0.25) is 0 Å². The molecular formula is C24H16O2. The highest BCUT2D eigenvalue weighted by Gasteiger charge is 2.33. The lowest BCUT2D eigenvalue weighted by atomic mass is 9.83. The van der Waals surface area contributed by atoms with Gasteiger partial charge in [0.2, 0.25) is 0 Å². The first-order valence-corrected chi connectivity index (χ1v) is 8.69. The zero-order valence-corrected chi connectivity index (χ0v) is 14.0. The van der Waals surface area contributed by atoms with E-state index in [1.165, 1.54) is 22.3 Å². The van der Waals surface area contributed by atoms with Crippen molar-refractivity contribution in [1.29, 1.82) is 0 Å². The molecule has 2 nitrogen and oxygen atoms in total. The molecule has 0 aliphatic heterocycles. The number of hydrogen-bond donors (Lipinski definition) is 1. The highest BCUT2D eigenvalue weighted by atomic mass is 16.4. The third-order valence-corrected chi connectivity index (χ3v) is 5.32. The van der Waals surface area contributed by atoms with E-state index in [0.717, 1.165) is 16.3 Å². The average Bonchev–Trinajstić information content (AvgIpc) is 3.01. The quantitative estimate of drug-likeness (QED) is 0.449. The number of fused-ring (bicyclic) bond motifs is 4. The standard InChI is InChI=1S/C24H16O2/c25-24(26)21-14-13-15-7-1-2-8-16(15)22(21)23-19-11-5-3-9-17(19)18-10-4-6-12-20(18)23/h1-14,23H,(H,25,26). The van der Waals surface area contributed by atoms with Crippen molar-refractivity contribution >= 4 is 16.7 Å². The van der Waals surface area contributed by atoms with E-state index in [1.807, 2.05) is 54.6 Å². The second-order valence-electron chi connectivity index (χ2n) is 6.66. The molecule has 0 atom stereocenters. The molecule has 5 rings (SSSR count). The number of benzene rings is 4. The summed E-state index contributed by atoms with van der Waals surface area (Å²) in [6.07, 6.45) is 0. The fourth-order valence-electron chi connectivity index (χ4n) is 4.26. The van der Waals surface area contributed by atoms with Gasteiger partial charge in [-0.25, -0.2) is 4.79 Å². The second-order valence-corrected chi connectivity index (χ2v) is 6.66. The molecule has 0 saturated heterocycles. The van der Waals surface area contributed by atoms with Crippen molar-refractivity contribution in [3.8, 4) is 11.1 Å². The van der Waals surface area contributed by atoms with Gasteiger partial charge in [0.25, 0.3) is 0 Å². The number of carbonyl (C=O) groups is 1. The minimum absolute atomic E-state index is 0.0698. The van der Waals surface area contributed by atoms with E-state index in [-0.39, 0.29) is 5.92 Å². The molecule has 26 heavy (non-hydrogen) atoms. The summed E-state index contributed by atoms with van der Waals surface area (Å²) in [5, 5.41) is 11.9. The summed E-state index contributed by atoms with van der Waals surface area (Å²) in [6, 6.07) is 28.3. The minimum atomic E-state index is -0.882. The van der Waals surface area contributed by atoms with E-state index in [0.29, 0.717) is 5.56 Å². The van der Waals surface area contributed by atoms with Crippen LogP contribution in [0.25, 0.3) is 21.9 Å². The third-order valence-electron chi connectivity index (χ3n) is 5.32. The molecule has 0 radical (unpaired) electrons. The lowest BCUT2D eigenvalue weighted by Crippen LogP contribution is -2.09. The second kappa shape index (κ2) is 5.57. The molecule has 0 fully saturated rings. The van der Waals surface area contributed by atoms with E-state index >= 15 is 0 Å². The van der Waals surface area contributed by atoms with Crippen LogP contribution >= 0.6 is 0 Å². The largest absolute Gasteiger partial charge is 0.478 e. The van der Waals surface area contributed by atoms with Gasteiger partial charge in [0.05, 0.1) is 5.56 Å². The molecule has 1 aliphatic carbocycles. The molecule has 1 N–H and O–H groups in total. The van der Waals surface area contributed by atoms with Gasteiger partial charge in [-0.05, 0) is 44.7 Å². The lowest BCUT2D eigenvalue weighted by molar-refractivity contribution is 0.0696. The lowest BCUT2D eigenvalue weighted by Gasteiger charge is -2.19. The summed E-state index contributed by atoms with van der Waals surface area (Å²) < 4.78 is 0. The van der Waals surface area contributed by atoms with Crippen molar-refractivity contribution in [2.45, 2.75) is 5.92 Å². The van der Waals surface area contributed by atoms with Gasteiger partial charge in [-0.1, -0.05) is 78.9 Å². The van der Waals surface area contributed by atoms with Gasteiger partial charge in [0.15, 0.2) is 0 Å². The van der Waals surface area contributed by atoms with Crippen molar-refractivity contribution in [2.24, 2.45) is 0 Å². The summed E-state index contributed by atoms with van der Waals surface area (Å²) in [4.78, 5) is 12.0. The van der Waals surface area contributed by atoms with Crippen LogP contribution in [0.4, 0.5) is 0 Å². The molecule has 0 bridgehead atoms. The van der Waals surface area contributed by atoms with Crippen LogP contribution < -0.4 is 0 Å². The number of rotatable bonds is 2. The summed E-state index contributed by atoms with van der Waals surface area (Å²) >= 11 is 0. The van der Waals surface area contributed by atoms with Crippen LogP contribution in [0.15, 0.2) is 84.9 Å². The molecule has 0 amide bonds. The third kappa shape index (κ3) is 2.02. The van der Waals surface area contributed by atoms with Gasteiger partial charge in [-0.15, -0.1) is 0 Å². The van der Waals surface area contributed by atoms with Crippen LogP contribution in [0.5, 0.6) is 0 Å². The van der Waals surface area contributed by atoms with Gasteiger partial charge in [-0.2, -0.15) is 0 Å². The predicted molar refractivity (Wildman–Crippen MR) is 104 cm³/mol. The molecule has 124 valence electrons. The number of hydrogen-bond acceptors (Lipinski definition) is 1. The van der Waals surface area contributed by atoms with Crippen LogP contribution in [0, 0.1) is 0 Å². The monoisotopic (exact) mass is 336 g/mol. The normalized spacial score (nSPS) is 12.8. The Labute approximate surface area is 151 Å². The number of carboxylic acid groups (broad SMARTS) is 1. The van der Waals surface area contributed by atoms with Crippen LogP contribution in [0.3, 0.4) is 0 Å². The Hall–Kier alpha value is -3.39. The molecule has 0 unspecified atom stereocenters. The smallest absolute Gasteiger partial charge is 0.336 e. The van der Waals surface area contributed by atoms with Crippen molar-refractivity contribution in [3.05, 3.63) is 107 Å². The van der Waals surface area contributed by atoms with Crippen LogP contribution in [-0.4, -0.2) is 11.1 Å². The molecular weight excluding hydrogens is 320 g/mol. The summed E-state index contributed by atoms with van der Waals surface area (Å²) in [5.74, 6) is -0.952. The van der Waals surface area contributed by atoms with E-state index in [2.05, 4.69) is 24.3 Å². The van der Waals surface area contributed by atoms with Crippen LogP contribution in [0.2, 0.25) is 0 Å². The highest BCUT2D eigenvalue weighted by molar-refractivity contribution is 6.00.